The van der Waals surface area contributed by atoms with Gasteiger partial charge in [0.1, 0.15) is 0 Å². The van der Waals surface area contributed by atoms with Crippen LogP contribution in [0.3, 0.4) is 0 Å². The zero-order valence-electron chi connectivity index (χ0n) is 8.42. The lowest BCUT2D eigenvalue weighted by atomic mass is 9.93. The van der Waals surface area contributed by atoms with Gasteiger partial charge in [-0.1, -0.05) is 6.92 Å². The van der Waals surface area contributed by atoms with Crippen LogP contribution in [-0.4, -0.2) is 5.54 Å². The molecule has 2 N–H and O–H groups in total. The molecule has 1 fully saturated rings. The monoisotopic (exact) mass is 273 g/mol. The fourth-order valence-corrected chi connectivity index (χ4v) is 4.01. The molecule has 1 aromatic heterocycles. The summed E-state index contributed by atoms with van der Waals surface area (Å²) in [6.07, 6.45) is 4.69. The molecule has 0 saturated heterocycles. The van der Waals surface area contributed by atoms with Crippen molar-refractivity contribution in [2.45, 2.75) is 38.1 Å². The molecule has 14 heavy (non-hydrogen) atoms. The largest absolute Gasteiger partial charge is 0.325 e. The number of nitrogens with two attached hydrogens (primary N) is 1. The standard InChI is InChI=1S/C11H16BrNS/c1-8-2-4-11(13,6-8)7-10-9(12)3-5-14-10/h3,5,8H,2,4,6-7,13H2,1H3. The first-order chi connectivity index (χ1) is 6.59. The van der Waals surface area contributed by atoms with Crippen LogP contribution in [0.1, 0.15) is 31.1 Å². The van der Waals surface area contributed by atoms with E-state index in [1.165, 1.54) is 28.6 Å². The minimum atomic E-state index is 0.0623. The van der Waals surface area contributed by atoms with Gasteiger partial charge in [0, 0.05) is 21.3 Å². The van der Waals surface area contributed by atoms with Crippen molar-refractivity contribution in [2.75, 3.05) is 0 Å². The molecule has 0 radical (unpaired) electrons. The molecule has 1 saturated carbocycles. The maximum Gasteiger partial charge on any atom is 0.0315 e. The molecular weight excluding hydrogens is 258 g/mol. The van der Waals surface area contributed by atoms with Gasteiger partial charge in [0.15, 0.2) is 0 Å². The van der Waals surface area contributed by atoms with Gasteiger partial charge in [-0.15, -0.1) is 11.3 Å². The number of halogens is 1. The van der Waals surface area contributed by atoms with E-state index in [0.717, 1.165) is 12.3 Å². The number of hydrogen-bond donors (Lipinski definition) is 1. The predicted octanol–water partition coefficient (Wildman–Crippen LogP) is 3.57. The van der Waals surface area contributed by atoms with Gasteiger partial charge in [-0.2, -0.15) is 0 Å². The minimum Gasteiger partial charge on any atom is -0.325 e. The normalized spacial score (nSPS) is 32.4. The molecule has 2 unspecified atom stereocenters. The molecule has 0 amide bonds. The van der Waals surface area contributed by atoms with E-state index in [-0.39, 0.29) is 5.54 Å². The highest BCUT2D eigenvalue weighted by molar-refractivity contribution is 9.10. The first-order valence-corrected chi connectivity index (χ1v) is 6.77. The molecule has 0 aromatic carbocycles. The highest BCUT2D eigenvalue weighted by Crippen LogP contribution is 2.37. The Morgan fingerprint density at radius 1 is 1.71 bits per heavy atom. The second-order valence-corrected chi connectivity index (χ2v) is 6.43. The lowest BCUT2D eigenvalue weighted by molar-refractivity contribution is 0.421. The van der Waals surface area contributed by atoms with Gasteiger partial charge in [0.2, 0.25) is 0 Å². The van der Waals surface area contributed by atoms with E-state index in [1.807, 2.05) is 11.3 Å². The van der Waals surface area contributed by atoms with Gasteiger partial charge >= 0.3 is 0 Å². The third kappa shape index (κ3) is 2.20. The molecule has 1 aliphatic rings. The molecule has 78 valence electrons. The Kier molecular flexibility index (Phi) is 3.01. The van der Waals surface area contributed by atoms with Crippen molar-refractivity contribution in [1.82, 2.24) is 0 Å². The average Bonchev–Trinajstić information content (AvgIpc) is 2.62. The SMILES string of the molecule is CC1CCC(N)(Cc2sccc2Br)C1. The molecule has 0 bridgehead atoms. The summed E-state index contributed by atoms with van der Waals surface area (Å²) >= 11 is 5.38. The predicted molar refractivity (Wildman–Crippen MR) is 65.7 cm³/mol. The zero-order valence-corrected chi connectivity index (χ0v) is 10.8. The molecule has 1 aliphatic carbocycles. The van der Waals surface area contributed by atoms with Crippen LogP contribution >= 0.6 is 27.3 Å². The van der Waals surface area contributed by atoms with E-state index < -0.39 is 0 Å². The van der Waals surface area contributed by atoms with E-state index in [0.29, 0.717) is 0 Å². The average molecular weight is 274 g/mol. The first-order valence-electron chi connectivity index (χ1n) is 5.10. The lowest BCUT2D eigenvalue weighted by Gasteiger charge is -2.23. The van der Waals surface area contributed by atoms with Gasteiger partial charge in [-0.05, 0) is 52.6 Å². The summed E-state index contributed by atoms with van der Waals surface area (Å²) in [6, 6.07) is 2.11. The smallest absolute Gasteiger partial charge is 0.0315 e. The minimum absolute atomic E-state index is 0.0623. The molecule has 3 heteroatoms. The Hall–Kier alpha value is 0.140. The summed E-state index contributed by atoms with van der Waals surface area (Å²) < 4.78 is 1.23. The van der Waals surface area contributed by atoms with Crippen molar-refractivity contribution < 1.29 is 0 Å². The fraction of sp³-hybridized carbons (Fsp3) is 0.636. The Bertz CT molecular complexity index is 323. The Morgan fingerprint density at radius 3 is 3.00 bits per heavy atom. The number of rotatable bonds is 2. The summed E-state index contributed by atoms with van der Waals surface area (Å²) in [5, 5.41) is 2.13. The maximum atomic E-state index is 6.40. The fourth-order valence-electron chi connectivity index (χ4n) is 2.36. The van der Waals surface area contributed by atoms with E-state index in [2.05, 4.69) is 34.3 Å². The molecule has 1 nitrogen and oxygen atoms in total. The third-order valence-electron chi connectivity index (χ3n) is 3.09. The summed E-state index contributed by atoms with van der Waals surface area (Å²) in [7, 11) is 0. The maximum absolute atomic E-state index is 6.40. The van der Waals surface area contributed by atoms with Crippen molar-refractivity contribution in [3.63, 3.8) is 0 Å². The summed E-state index contributed by atoms with van der Waals surface area (Å²) in [5.41, 5.74) is 6.46. The number of hydrogen-bond acceptors (Lipinski definition) is 2. The van der Waals surface area contributed by atoms with Crippen LogP contribution in [0.15, 0.2) is 15.9 Å². The Labute approximate surface area is 97.8 Å². The van der Waals surface area contributed by atoms with Crippen LogP contribution in [0.4, 0.5) is 0 Å². The lowest BCUT2D eigenvalue weighted by Crippen LogP contribution is -2.39. The van der Waals surface area contributed by atoms with Crippen LogP contribution in [0.2, 0.25) is 0 Å². The second-order valence-electron chi connectivity index (χ2n) is 4.58. The van der Waals surface area contributed by atoms with Crippen LogP contribution in [0, 0.1) is 5.92 Å². The van der Waals surface area contributed by atoms with Gasteiger partial charge in [0.05, 0.1) is 0 Å². The highest BCUT2D eigenvalue weighted by Gasteiger charge is 2.34. The summed E-state index contributed by atoms with van der Waals surface area (Å²) in [5.74, 6) is 0.804. The molecule has 2 atom stereocenters. The Morgan fingerprint density at radius 2 is 2.50 bits per heavy atom. The number of thiophene rings is 1. The van der Waals surface area contributed by atoms with E-state index in [4.69, 9.17) is 5.73 Å². The second kappa shape index (κ2) is 3.95. The van der Waals surface area contributed by atoms with Crippen molar-refractivity contribution >= 4 is 27.3 Å². The molecule has 1 aromatic rings. The van der Waals surface area contributed by atoms with Gasteiger partial charge in [0.25, 0.3) is 0 Å². The van der Waals surface area contributed by atoms with Gasteiger partial charge in [-0.25, -0.2) is 0 Å². The van der Waals surface area contributed by atoms with Crippen molar-refractivity contribution in [3.05, 3.63) is 20.8 Å². The molecule has 2 rings (SSSR count). The van der Waals surface area contributed by atoms with Crippen molar-refractivity contribution in [3.8, 4) is 0 Å². The summed E-state index contributed by atoms with van der Waals surface area (Å²) in [4.78, 5) is 1.40. The quantitative estimate of drug-likeness (QED) is 0.876. The molecule has 1 heterocycles. The first kappa shape index (κ1) is 10.7. The van der Waals surface area contributed by atoms with E-state index in [1.54, 1.807) is 0 Å². The zero-order chi connectivity index (χ0) is 10.2. The van der Waals surface area contributed by atoms with Crippen molar-refractivity contribution in [2.24, 2.45) is 11.7 Å². The van der Waals surface area contributed by atoms with E-state index in [9.17, 15) is 0 Å². The van der Waals surface area contributed by atoms with Gasteiger partial charge < -0.3 is 5.73 Å². The van der Waals surface area contributed by atoms with Crippen LogP contribution in [-0.2, 0) is 6.42 Å². The van der Waals surface area contributed by atoms with Crippen LogP contribution in [0.25, 0.3) is 0 Å². The van der Waals surface area contributed by atoms with Gasteiger partial charge in [-0.3, -0.25) is 0 Å². The Balaban J connectivity index is 2.07. The third-order valence-corrected chi connectivity index (χ3v) is 5.02. The van der Waals surface area contributed by atoms with Crippen LogP contribution in [0.5, 0.6) is 0 Å². The molecule has 0 spiro atoms. The molecular formula is C11H16BrNS. The topological polar surface area (TPSA) is 26.0 Å². The molecule has 0 aliphatic heterocycles. The summed E-state index contributed by atoms with van der Waals surface area (Å²) in [6.45, 7) is 2.30. The van der Waals surface area contributed by atoms with E-state index >= 15 is 0 Å². The van der Waals surface area contributed by atoms with Crippen LogP contribution < -0.4 is 5.73 Å². The van der Waals surface area contributed by atoms with Crippen molar-refractivity contribution in [1.29, 1.82) is 0 Å². The highest BCUT2D eigenvalue weighted by atomic mass is 79.9.